The van der Waals surface area contributed by atoms with Crippen LogP contribution in [-0.4, -0.2) is 48.1 Å². The van der Waals surface area contributed by atoms with E-state index in [1.54, 1.807) is 0 Å². The van der Waals surface area contributed by atoms with E-state index in [9.17, 15) is 9.50 Å². The van der Waals surface area contributed by atoms with Gasteiger partial charge in [-0.3, -0.25) is 0 Å². The highest BCUT2D eigenvalue weighted by Gasteiger charge is 2.43. The third-order valence-electron chi connectivity index (χ3n) is 2.22. The van der Waals surface area contributed by atoms with E-state index in [0.717, 1.165) is 12.8 Å². The molecule has 0 radical (unpaired) electrons. The Bertz CT molecular complexity index is 167. The van der Waals surface area contributed by atoms with Gasteiger partial charge in [0.2, 0.25) is 0 Å². The fourth-order valence-corrected chi connectivity index (χ4v) is 1.29. The van der Waals surface area contributed by atoms with E-state index in [-0.39, 0.29) is 6.61 Å². The van der Waals surface area contributed by atoms with Gasteiger partial charge in [-0.25, -0.2) is 4.39 Å². The van der Waals surface area contributed by atoms with Crippen molar-refractivity contribution in [1.29, 1.82) is 0 Å². The van der Waals surface area contributed by atoms with Crippen molar-refractivity contribution >= 4 is 0 Å². The number of aliphatic hydroxyl groups is 2. The molecule has 1 fully saturated rings. The van der Waals surface area contributed by atoms with E-state index in [1.165, 1.54) is 0 Å². The highest BCUT2D eigenvalue weighted by Crippen LogP contribution is 2.22. The summed E-state index contributed by atoms with van der Waals surface area (Å²) in [6.45, 7) is 2.72. The van der Waals surface area contributed by atoms with Gasteiger partial charge in [0.05, 0.1) is 6.61 Å². The van der Waals surface area contributed by atoms with Gasteiger partial charge in [0.15, 0.2) is 12.5 Å². The van der Waals surface area contributed by atoms with Crippen molar-refractivity contribution in [2.75, 3.05) is 13.2 Å². The summed E-state index contributed by atoms with van der Waals surface area (Å²) in [5.41, 5.74) is 0. The molecular formula is C9H17FO4. The predicted molar refractivity (Wildman–Crippen MR) is 47.5 cm³/mol. The van der Waals surface area contributed by atoms with Crippen molar-refractivity contribution in [2.45, 2.75) is 44.4 Å². The summed E-state index contributed by atoms with van der Waals surface area (Å²) in [6.07, 6.45) is -3.35. The molecule has 4 atom stereocenters. The number of hydrogen-bond donors (Lipinski definition) is 2. The zero-order valence-corrected chi connectivity index (χ0v) is 8.23. The van der Waals surface area contributed by atoms with Crippen LogP contribution in [0.2, 0.25) is 0 Å². The van der Waals surface area contributed by atoms with Crippen LogP contribution in [0.3, 0.4) is 0 Å². The first-order chi connectivity index (χ1) is 6.66. The van der Waals surface area contributed by atoms with Gasteiger partial charge in [-0.15, -0.1) is 0 Å². The minimum absolute atomic E-state index is 0.124. The Balaban J connectivity index is 2.19. The summed E-state index contributed by atoms with van der Waals surface area (Å²) in [5, 5.41) is 18.2. The molecule has 0 aromatic carbocycles. The van der Waals surface area contributed by atoms with Crippen LogP contribution >= 0.6 is 0 Å². The van der Waals surface area contributed by atoms with Gasteiger partial charge >= 0.3 is 0 Å². The second-order valence-corrected chi connectivity index (χ2v) is 3.43. The second-order valence-electron chi connectivity index (χ2n) is 3.43. The van der Waals surface area contributed by atoms with Crippen molar-refractivity contribution in [2.24, 2.45) is 0 Å². The highest BCUT2D eigenvalue weighted by atomic mass is 19.1. The number of hydrogen-bond acceptors (Lipinski definition) is 4. The molecule has 4 nitrogen and oxygen atoms in total. The Morgan fingerprint density at radius 2 is 2.14 bits per heavy atom. The average molecular weight is 208 g/mol. The van der Waals surface area contributed by atoms with Crippen LogP contribution in [0.25, 0.3) is 0 Å². The monoisotopic (exact) mass is 208 g/mol. The number of alkyl halides is 1. The Morgan fingerprint density at radius 1 is 1.43 bits per heavy atom. The Labute approximate surface area is 82.6 Å². The van der Waals surface area contributed by atoms with E-state index >= 15 is 0 Å². The number of halogens is 1. The normalized spacial score (nSPS) is 37.7. The van der Waals surface area contributed by atoms with Gasteiger partial charge in [0.1, 0.15) is 12.2 Å². The van der Waals surface area contributed by atoms with Crippen LogP contribution in [0.5, 0.6) is 0 Å². The number of rotatable bonds is 5. The summed E-state index contributed by atoms with van der Waals surface area (Å²) in [6, 6.07) is 0. The number of aliphatic hydroxyl groups excluding tert-OH is 2. The molecule has 0 saturated carbocycles. The van der Waals surface area contributed by atoms with Crippen LogP contribution in [-0.2, 0) is 9.47 Å². The molecule has 2 N–H and O–H groups in total. The minimum atomic E-state index is -1.73. The maximum absolute atomic E-state index is 12.9. The van der Waals surface area contributed by atoms with Gasteiger partial charge in [0, 0.05) is 6.61 Å². The maximum Gasteiger partial charge on any atom is 0.189 e. The van der Waals surface area contributed by atoms with Gasteiger partial charge in [-0.2, -0.15) is 0 Å². The van der Waals surface area contributed by atoms with Crippen molar-refractivity contribution in [3.05, 3.63) is 0 Å². The maximum atomic E-state index is 12.9. The molecule has 0 amide bonds. The Morgan fingerprint density at radius 3 is 2.64 bits per heavy atom. The molecule has 0 bridgehead atoms. The average Bonchev–Trinajstić information content (AvgIpc) is 2.41. The molecule has 0 aromatic rings. The van der Waals surface area contributed by atoms with Crippen LogP contribution in [0.4, 0.5) is 4.39 Å². The zero-order chi connectivity index (χ0) is 10.6. The van der Waals surface area contributed by atoms with Crippen LogP contribution in [0.1, 0.15) is 19.8 Å². The Hall–Kier alpha value is -0.230. The lowest BCUT2D eigenvalue weighted by Gasteiger charge is -2.13. The third-order valence-corrected chi connectivity index (χ3v) is 2.22. The predicted octanol–water partition coefficient (Wildman–Crippen LogP) is 0.219. The molecule has 14 heavy (non-hydrogen) atoms. The number of ether oxygens (including phenoxy) is 2. The molecule has 1 aliphatic rings. The van der Waals surface area contributed by atoms with Gasteiger partial charge in [-0.1, -0.05) is 13.3 Å². The molecule has 5 heteroatoms. The Kier molecular flexibility index (Phi) is 4.74. The largest absolute Gasteiger partial charge is 0.387 e. The van der Waals surface area contributed by atoms with Crippen LogP contribution in [0, 0.1) is 0 Å². The topological polar surface area (TPSA) is 58.9 Å². The first-order valence-corrected chi connectivity index (χ1v) is 4.90. The van der Waals surface area contributed by atoms with E-state index < -0.39 is 24.7 Å². The van der Waals surface area contributed by atoms with E-state index in [1.807, 2.05) is 6.92 Å². The van der Waals surface area contributed by atoms with Crippen molar-refractivity contribution in [3.8, 4) is 0 Å². The quantitative estimate of drug-likeness (QED) is 0.634. The smallest absolute Gasteiger partial charge is 0.189 e. The summed E-state index contributed by atoms with van der Waals surface area (Å²) < 4.78 is 22.8. The first-order valence-electron chi connectivity index (χ1n) is 4.90. The van der Waals surface area contributed by atoms with Gasteiger partial charge in [0.25, 0.3) is 0 Å². The van der Waals surface area contributed by atoms with E-state index in [4.69, 9.17) is 14.6 Å². The summed E-state index contributed by atoms with van der Waals surface area (Å²) >= 11 is 0. The third kappa shape index (κ3) is 2.88. The lowest BCUT2D eigenvalue weighted by molar-refractivity contribution is -0.126. The summed E-state index contributed by atoms with van der Waals surface area (Å²) in [5.74, 6) is 0. The van der Waals surface area contributed by atoms with Crippen LogP contribution < -0.4 is 0 Å². The molecule has 1 heterocycles. The molecule has 0 aromatic heterocycles. The van der Waals surface area contributed by atoms with E-state index in [0.29, 0.717) is 6.61 Å². The van der Waals surface area contributed by atoms with Crippen LogP contribution in [0.15, 0.2) is 0 Å². The molecule has 1 aliphatic heterocycles. The van der Waals surface area contributed by atoms with Crippen molar-refractivity contribution < 1.29 is 24.1 Å². The lowest BCUT2D eigenvalue weighted by Crippen LogP contribution is -2.31. The molecule has 84 valence electrons. The van der Waals surface area contributed by atoms with Crippen molar-refractivity contribution in [3.63, 3.8) is 0 Å². The fraction of sp³-hybridized carbons (Fsp3) is 1.00. The van der Waals surface area contributed by atoms with E-state index in [2.05, 4.69) is 0 Å². The van der Waals surface area contributed by atoms with Gasteiger partial charge < -0.3 is 19.7 Å². The molecule has 2 unspecified atom stereocenters. The molecule has 1 rings (SSSR count). The SMILES string of the molecule is CCCCOC[C@H]1OC(O)[C@H](F)C1O. The highest BCUT2D eigenvalue weighted by molar-refractivity contribution is 4.85. The number of unbranched alkanes of at least 4 members (excludes halogenated alkanes) is 1. The standard InChI is InChI=1S/C9H17FO4/c1-2-3-4-13-5-6-8(11)7(10)9(12)14-6/h6-9,11-12H,2-5H2,1H3/t6-,7-,8?,9?/m1/s1. The van der Waals surface area contributed by atoms with Gasteiger partial charge in [-0.05, 0) is 6.42 Å². The zero-order valence-electron chi connectivity index (χ0n) is 8.23. The molecule has 0 aliphatic carbocycles. The molecular weight excluding hydrogens is 191 g/mol. The minimum Gasteiger partial charge on any atom is -0.387 e. The lowest BCUT2D eigenvalue weighted by atomic mass is 10.2. The molecule has 1 saturated heterocycles. The second kappa shape index (κ2) is 5.60. The summed E-state index contributed by atoms with van der Waals surface area (Å²) in [7, 11) is 0. The fourth-order valence-electron chi connectivity index (χ4n) is 1.29. The first kappa shape index (κ1) is 11.8. The molecule has 0 spiro atoms. The van der Waals surface area contributed by atoms with Crippen molar-refractivity contribution in [1.82, 2.24) is 0 Å². The summed E-state index contributed by atoms with van der Waals surface area (Å²) in [4.78, 5) is 0.